The number of hydrogen-bond donors (Lipinski definition) is 0. The van der Waals surface area contributed by atoms with E-state index >= 15 is 0 Å². The maximum Gasteiger partial charge on any atom is 0.324 e. The van der Waals surface area contributed by atoms with Gasteiger partial charge in [0.1, 0.15) is 0 Å². The van der Waals surface area contributed by atoms with Crippen molar-refractivity contribution in [2.75, 3.05) is 0 Å². The van der Waals surface area contributed by atoms with Crippen molar-refractivity contribution < 1.29 is 17.6 Å². The molecule has 0 unspecified atom stereocenters. The Morgan fingerprint density at radius 2 is 2.14 bits per heavy atom. The van der Waals surface area contributed by atoms with Gasteiger partial charge >= 0.3 is 12.3 Å². The van der Waals surface area contributed by atoms with Gasteiger partial charge in [0.15, 0.2) is 0 Å². The second kappa shape index (κ2) is 4.16. The SMILES string of the molecule is FC(F)C(F)(F)Cn1cncc1CCl. The lowest BCUT2D eigenvalue weighted by Crippen LogP contribution is -2.32. The van der Waals surface area contributed by atoms with Crippen LogP contribution in [0.1, 0.15) is 5.69 Å². The summed E-state index contributed by atoms with van der Waals surface area (Å²) < 4.78 is 49.7. The van der Waals surface area contributed by atoms with Crippen LogP contribution in [0.3, 0.4) is 0 Å². The molecule has 0 saturated carbocycles. The highest BCUT2D eigenvalue weighted by Crippen LogP contribution is 2.25. The molecule has 0 spiro atoms. The predicted octanol–water partition coefficient (Wildman–Crippen LogP) is 2.52. The number of rotatable bonds is 4. The molecule has 1 aromatic rings. The molecular formula is C7H7ClF4N2. The molecule has 0 aliphatic rings. The van der Waals surface area contributed by atoms with Crippen LogP contribution in [0, 0.1) is 0 Å². The summed E-state index contributed by atoms with van der Waals surface area (Å²) in [5.41, 5.74) is 0.284. The molecule has 1 heterocycles. The van der Waals surface area contributed by atoms with Crippen LogP contribution in [0.5, 0.6) is 0 Å². The van der Waals surface area contributed by atoms with E-state index in [9.17, 15) is 17.6 Å². The van der Waals surface area contributed by atoms with E-state index in [0.717, 1.165) is 10.9 Å². The number of halogens is 5. The van der Waals surface area contributed by atoms with Crippen LogP contribution in [-0.2, 0) is 12.4 Å². The van der Waals surface area contributed by atoms with Crippen molar-refractivity contribution in [3.8, 4) is 0 Å². The lowest BCUT2D eigenvalue weighted by atomic mass is 10.3. The first-order valence-electron chi connectivity index (χ1n) is 3.68. The highest BCUT2D eigenvalue weighted by molar-refractivity contribution is 6.16. The van der Waals surface area contributed by atoms with E-state index < -0.39 is 18.9 Å². The average Bonchev–Trinajstić information content (AvgIpc) is 2.50. The fraction of sp³-hybridized carbons (Fsp3) is 0.571. The molecule has 0 aliphatic carbocycles. The van der Waals surface area contributed by atoms with Crippen molar-refractivity contribution in [1.82, 2.24) is 9.55 Å². The third-order valence-electron chi connectivity index (χ3n) is 1.64. The van der Waals surface area contributed by atoms with Gasteiger partial charge < -0.3 is 4.57 Å². The molecule has 7 heteroatoms. The maximum absolute atomic E-state index is 12.6. The summed E-state index contributed by atoms with van der Waals surface area (Å²) >= 11 is 5.39. The Balaban J connectivity index is 2.78. The molecule has 0 bridgehead atoms. The average molecular weight is 231 g/mol. The molecule has 0 radical (unpaired) electrons. The van der Waals surface area contributed by atoms with Crippen LogP contribution in [0.25, 0.3) is 0 Å². The van der Waals surface area contributed by atoms with Gasteiger partial charge in [-0.3, -0.25) is 0 Å². The van der Waals surface area contributed by atoms with Crippen molar-refractivity contribution in [1.29, 1.82) is 0 Å². The highest BCUT2D eigenvalue weighted by Gasteiger charge is 2.41. The van der Waals surface area contributed by atoms with E-state index in [2.05, 4.69) is 4.98 Å². The molecule has 0 saturated heterocycles. The summed E-state index contributed by atoms with van der Waals surface area (Å²) in [5.74, 6) is -4.10. The van der Waals surface area contributed by atoms with Crippen LogP contribution in [0.15, 0.2) is 12.5 Å². The molecule has 0 aliphatic heterocycles. The van der Waals surface area contributed by atoms with Crippen molar-refractivity contribution in [3.63, 3.8) is 0 Å². The monoisotopic (exact) mass is 230 g/mol. The summed E-state index contributed by atoms with van der Waals surface area (Å²) in [4.78, 5) is 3.54. The van der Waals surface area contributed by atoms with Gasteiger partial charge in [0.05, 0.1) is 24.4 Å². The third kappa shape index (κ3) is 2.37. The Morgan fingerprint density at radius 3 is 2.64 bits per heavy atom. The van der Waals surface area contributed by atoms with Crippen LogP contribution < -0.4 is 0 Å². The van der Waals surface area contributed by atoms with Crippen LogP contribution >= 0.6 is 11.6 Å². The van der Waals surface area contributed by atoms with Gasteiger partial charge in [-0.1, -0.05) is 0 Å². The van der Waals surface area contributed by atoms with Crippen molar-refractivity contribution in [3.05, 3.63) is 18.2 Å². The topological polar surface area (TPSA) is 17.8 Å². The smallest absolute Gasteiger partial charge is 0.324 e. The molecule has 0 aromatic carbocycles. The van der Waals surface area contributed by atoms with E-state index in [-0.39, 0.29) is 11.6 Å². The lowest BCUT2D eigenvalue weighted by Gasteiger charge is -2.16. The summed E-state index contributed by atoms with van der Waals surface area (Å²) in [5, 5.41) is 0. The molecule has 1 aromatic heterocycles. The van der Waals surface area contributed by atoms with Gasteiger partial charge in [0.2, 0.25) is 0 Å². The summed E-state index contributed by atoms with van der Waals surface area (Å²) in [6.07, 6.45) is -1.38. The fourth-order valence-corrected chi connectivity index (χ4v) is 1.12. The highest BCUT2D eigenvalue weighted by atomic mass is 35.5. The van der Waals surface area contributed by atoms with Crippen molar-refractivity contribution in [2.45, 2.75) is 24.8 Å². The summed E-state index contributed by atoms with van der Waals surface area (Å²) in [7, 11) is 0. The number of hydrogen-bond acceptors (Lipinski definition) is 1. The molecule has 1 rings (SSSR count). The Labute approximate surface area is 82.5 Å². The van der Waals surface area contributed by atoms with E-state index in [1.165, 1.54) is 6.20 Å². The Kier molecular flexibility index (Phi) is 3.36. The van der Waals surface area contributed by atoms with Gasteiger partial charge in [-0.15, -0.1) is 11.6 Å². The Morgan fingerprint density at radius 1 is 1.50 bits per heavy atom. The fourth-order valence-electron chi connectivity index (χ4n) is 0.898. The standard InChI is InChI=1S/C7H7ClF4N2/c8-1-5-2-13-4-14(5)3-7(11,12)6(9)10/h2,4,6H,1,3H2. The van der Waals surface area contributed by atoms with Gasteiger partial charge in [-0.2, -0.15) is 8.78 Å². The van der Waals surface area contributed by atoms with E-state index in [1.807, 2.05) is 0 Å². The molecular weight excluding hydrogens is 224 g/mol. The number of imidazole rings is 1. The zero-order chi connectivity index (χ0) is 10.8. The van der Waals surface area contributed by atoms with Crippen LogP contribution in [0.2, 0.25) is 0 Å². The van der Waals surface area contributed by atoms with Crippen LogP contribution in [0.4, 0.5) is 17.6 Å². The number of nitrogens with zero attached hydrogens (tertiary/aromatic N) is 2. The van der Waals surface area contributed by atoms with Crippen molar-refractivity contribution >= 4 is 11.6 Å². The van der Waals surface area contributed by atoms with Gasteiger partial charge in [-0.25, -0.2) is 13.8 Å². The second-order valence-electron chi connectivity index (χ2n) is 2.71. The Bertz CT molecular complexity index is 300. The molecule has 0 atom stereocenters. The number of aromatic nitrogens is 2. The molecule has 0 fully saturated rings. The van der Waals surface area contributed by atoms with Gasteiger partial charge in [0.25, 0.3) is 0 Å². The minimum atomic E-state index is -4.05. The lowest BCUT2D eigenvalue weighted by molar-refractivity contribution is -0.138. The normalized spacial score (nSPS) is 12.4. The molecule has 14 heavy (non-hydrogen) atoms. The zero-order valence-corrected chi connectivity index (χ0v) is 7.69. The molecule has 80 valence electrons. The van der Waals surface area contributed by atoms with Gasteiger partial charge in [-0.05, 0) is 0 Å². The first-order chi connectivity index (χ1) is 6.47. The van der Waals surface area contributed by atoms with E-state index in [0.29, 0.717) is 0 Å². The summed E-state index contributed by atoms with van der Waals surface area (Å²) in [6, 6.07) is 0. The molecule has 0 amide bonds. The van der Waals surface area contributed by atoms with Crippen molar-refractivity contribution in [2.24, 2.45) is 0 Å². The zero-order valence-electron chi connectivity index (χ0n) is 6.93. The largest absolute Gasteiger partial charge is 0.327 e. The van der Waals surface area contributed by atoms with Crippen LogP contribution in [-0.4, -0.2) is 21.9 Å². The minimum Gasteiger partial charge on any atom is -0.327 e. The first kappa shape index (κ1) is 11.3. The third-order valence-corrected chi connectivity index (χ3v) is 1.91. The predicted molar refractivity (Wildman–Crippen MR) is 42.7 cm³/mol. The van der Waals surface area contributed by atoms with E-state index in [1.54, 1.807) is 0 Å². The quantitative estimate of drug-likeness (QED) is 0.574. The maximum atomic E-state index is 12.6. The minimum absolute atomic E-state index is 0.0423. The molecule has 2 nitrogen and oxygen atoms in total. The first-order valence-corrected chi connectivity index (χ1v) is 4.22. The second-order valence-corrected chi connectivity index (χ2v) is 2.98. The Hall–Kier alpha value is -0.780. The molecule has 0 N–H and O–H groups in total. The number of alkyl halides is 5. The van der Waals surface area contributed by atoms with E-state index in [4.69, 9.17) is 11.6 Å². The van der Waals surface area contributed by atoms with Gasteiger partial charge in [0, 0.05) is 6.20 Å². The summed E-state index contributed by atoms with van der Waals surface area (Å²) in [6.45, 7) is -1.10.